The number of benzene rings is 2. The lowest BCUT2D eigenvalue weighted by Crippen LogP contribution is -2.40. The summed E-state index contributed by atoms with van der Waals surface area (Å²) in [5.74, 6) is -2.03. The Labute approximate surface area is 169 Å². The summed E-state index contributed by atoms with van der Waals surface area (Å²) < 4.78 is 5.43. The number of aliphatic carboxylic acids is 1. The fraction of sp³-hybridized carbons (Fsp3) is 0.318. The number of carbonyl (C=O) groups excluding carboxylic acids is 2. The van der Waals surface area contributed by atoms with Gasteiger partial charge in [0.25, 0.3) is 0 Å². The lowest BCUT2D eigenvalue weighted by molar-refractivity contribution is -0.144. The van der Waals surface area contributed by atoms with Crippen molar-refractivity contribution in [2.45, 2.75) is 12.8 Å². The fourth-order valence-electron chi connectivity index (χ4n) is 3.63. The maximum absolute atomic E-state index is 12.1. The first-order chi connectivity index (χ1) is 13.9. The van der Waals surface area contributed by atoms with Crippen LogP contribution in [0.5, 0.6) is 0 Å². The number of carboxylic acids is 1. The summed E-state index contributed by atoms with van der Waals surface area (Å²) >= 11 is 0. The van der Waals surface area contributed by atoms with Gasteiger partial charge in [0, 0.05) is 19.5 Å². The molecule has 0 heterocycles. The third kappa shape index (κ3) is 4.56. The Bertz CT molecular complexity index is 881. The average Bonchev–Trinajstić information content (AvgIpc) is 3.03. The maximum Gasteiger partial charge on any atom is 0.407 e. The Kier molecular flexibility index (Phi) is 6.16. The number of carboxylic acid groups (broad SMARTS) is 1. The molecule has 1 unspecified atom stereocenters. The molecule has 2 aromatic carbocycles. The molecular weight excluding hydrogens is 372 g/mol. The highest BCUT2D eigenvalue weighted by Gasteiger charge is 2.29. The molecular formula is C22H24N2O5. The number of ether oxygens (including phenoxy) is 1. The monoisotopic (exact) mass is 396 g/mol. The minimum absolute atomic E-state index is 0.0334. The van der Waals surface area contributed by atoms with E-state index in [1.54, 1.807) is 6.92 Å². The SMILES string of the molecule is CC(CNC(=O)OCC1c2ccccc2-c2ccccc21)C(=O)N(C)CC(=O)O. The number of hydrogen-bond acceptors (Lipinski definition) is 4. The minimum Gasteiger partial charge on any atom is -0.480 e. The van der Waals surface area contributed by atoms with E-state index in [0.717, 1.165) is 27.2 Å². The quantitative estimate of drug-likeness (QED) is 0.750. The van der Waals surface area contributed by atoms with Crippen LogP contribution in [0.15, 0.2) is 48.5 Å². The van der Waals surface area contributed by atoms with E-state index in [-0.39, 0.29) is 31.5 Å². The van der Waals surface area contributed by atoms with E-state index in [1.807, 2.05) is 36.4 Å². The lowest BCUT2D eigenvalue weighted by atomic mass is 9.98. The molecule has 7 nitrogen and oxygen atoms in total. The summed E-state index contributed by atoms with van der Waals surface area (Å²) in [5, 5.41) is 11.3. The van der Waals surface area contributed by atoms with Crippen LogP contribution in [-0.2, 0) is 14.3 Å². The summed E-state index contributed by atoms with van der Waals surface area (Å²) in [6, 6.07) is 16.1. The summed E-state index contributed by atoms with van der Waals surface area (Å²) in [6.07, 6.45) is -0.604. The number of amides is 2. The number of fused-ring (bicyclic) bond motifs is 3. The molecule has 152 valence electrons. The van der Waals surface area contributed by atoms with E-state index < -0.39 is 18.0 Å². The predicted molar refractivity (Wildman–Crippen MR) is 108 cm³/mol. The van der Waals surface area contributed by atoms with Gasteiger partial charge in [-0.2, -0.15) is 0 Å². The van der Waals surface area contributed by atoms with E-state index in [9.17, 15) is 14.4 Å². The van der Waals surface area contributed by atoms with Crippen molar-refractivity contribution in [2.24, 2.45) is 5.92 Å². The molecule has 0 spiro atoms. The second-order valence-electron chi connectivity index (χ2n) is 7.20. The average molecular weight is 396 g/mol. The smallest absolute Gasteiger partial charge is 0.407 e. The van der Waals surface area contributed by atoms with Crippen molar-refractivity contribution >= 4 is 18.0 Å². The molecule has 0 saturated carbocycles. The first kappa shape index (κ1) is 20.4. The van der Waals surface area contributed by atoms with Crippen LogP contribution in [0.4, 0.5) is 4.79 Å². The maximum atomic E-state index is 12.1. The molecule has 0 bridgehead atoms. The van der Waals surface area contributed by atoms with Gasteiger partial charge in [-0.15, -0.1) is 0 Å². The van der Waals surface area contributed by atoms with Crippen LogP contribution in [-0.4, -0.2) is 54.7 Å². The first-order valence-electron chi connectivity index (χ1n) is 9.44. The van der Waals surface area contributed by atoms with Gasteiger partial charge in [-0.3, -0.25) is 9.59 Å². The van der Waals surface area contributed by atoms with E-state index in [4.69, 9.17) is 9.84 Å². The van der Waals surface area contributed by atoms with E-state index in [1.165, 1.54) is 7.05 Å². The van der Waals surface area contributed by atoms with Crippen LogP contribution in [0, 0.1) is 5.92 Å². The molecule has 2 amide bonds. The summed E-state index contributed by atoms with van der Waals surface area (Å²) in [5.41, 5.74) is 4.55. The second kappa shape index (κ2) is 8.77. The van der Waals surface area contributed by atoms with E-state index in [0.29, 0.717) is 0 Å². The number of carbonyl (C=O) groups is 3. The Hall–Kier alpha value is -3.35. The van der Waals surface area contributed by atoms with Gasteiger partial charge in [0.05, 0.1) is 5.92 Å². The van der Waals surface area contributed by atoms with E-state index >= 15 is 0 Å². The van der Waals surface area contributed by atoms with Crippen molar-refractivity contribution in [3.63, 3.8) is 0 Å². The van der Waals surface area contributed by atoms with Crippen LogP contribution in [0.25, 0.3) is 11.1 Å². The van der Waals surface area contributed by atoms with Crippen molar-refractivity contribution < 1.29 is 24.2 Å². The van der Waals surface area contributed by atoms with E-state index in [2.05, 4.69) is 17.4 Å². The van der Waals surface area contributed by atoms with Crippen LogP contribution in [0.1, 0.15) is 24.0 Å². The van der Waals surface area contributed by atoms with Crippen LogP contribution < -0.4 is 5.32 Å². The van der Waals surface area contributed by atoms with Crippen molar-refractivity contribution in [3.05, 3.63) is 59.7 Å². The Balaban J connectivity index is 1.55. The van der Waals surface area contributed by atoms with Gasteiger partial charge in [-0.1, -0.05) is 55.5 Å². The molecule has 0 aromatic heterocycles. The molecule has 1 atom stereocenters. The molecule has 29 heavy (non-hydrogen) atoms. The van der Waals surface area contributed by atoms with Crippen LogP contribution in [0.2, 0.25) is 0 Å². The minimum atomic E-state index is -1.09. The molecule has 1 aliphatic rings. The standard InChI is InChI=1S/C22H24N2O5/c1-14(21(27)24(2)12-20(25)26)11-23-22(28)29-13-19-17-9-5-3-7-15(17)16-8-4-6-10-18(16)19/h3-10,14,19H,11-13H2,1-2H3,(H,23,28)(H,25,26). The third-order valence-electron chi connectivity index (χ3n) is 5.07. The van der Waals surface area contributed by atoms with Crippen molar-refractivity contribution in [3.8, 4) is 11.1 Å². The molecule has 2 aromatic rings. The highest BCUT2D eigenvalue weighted by molar-refractivity contribution is 5.83. The molecule has 2 N–H and O–H groups in total. The molecule has 7 heteroatoms. The van der Waals surface area contributed by atoms with Gasteiger partial charge in [0.2, 0.25) is 5.91 Å². The first-order valence-corrected chi connectivity index (χ1v) is 9.44. The van der Waals surface area contributed by atoms with Crippen molar-refractivity contribution in [1.29, 1.82) is 0 Å². The molecule has 0 fully saturated rings. The van der Waals surface area contributed by atoms with Crippen molar-refractivity contribution in [2.75, 3.05) is 26.7 Å². The third-order valence-corrected chi connectivity index (χ3v) is 5.07. The van der Waals surface area contributed by atoms with Crippen molar-refractivity contribution in [1.82, 2.24) is 10.2 Å². The van der Waals surface area contributed by atoms with Gasteiger partial charge in [0.1, 0.15) is 13.2 Å². The zero-order valence-corrected chi connectivity index (χ0v) is 16.4. The highest BCUT2D eigenvalue weighted by atomic mass is 16.5. The zero-order chi connectivity index (χ0) is 21.0. The number of nitrogens with one attached hydrogen (secondary N) is 1. The Morgan fingerprint density at radius 2 is 1.62 bits per heavy atom. The normalized spacial score (nSPS) is 13.2. The number of alkyl carbamates (subject to hydrolysis) is 1. The summed E-state index contributed by atoms with van der Waals surface area (Å²) in [6.45, 7) is 1.51. The molecule has 3 rings (SSSR count). The van der Waals surface area contributed by atoms with Gasteiger partial charge in [-0.25, -0.2) is 4.79 Å². The highest BCUT2D eigenvalue weighted by Crippen LogP contribution is 2.44. The summed E-state index contributed by atoms with van der Waals surface area (Å²) in [4.78, 5) is 36.1. The second-order valence-corrected chi connectivity index (χ2v) is 7.20. The Morgan fingerprint density at radius 1 is 1.07 bits per heavy atom. The molecule has 0 radical (unpaired) electrons. The number of hydrogen-bond donors (Lipinski definition) is 2. The molecule has 0 saturated heterocycles. The van der Waals surface area contributed by atoms with Crippen LogP contribution >= 0.6 is 0 Å². The van der Waals surface area contributed by atoms with Crippen LogP contribution in [0.3, 0.4) is 0 Å². The number of likely N-dealkylation sites (N-methyl/N-ethyl adjacent to an activating group) is 1. The topological polar surface area (TPSA) is 95.9 Å². The van der Waals surface area contributed by atoms with Gasteiger partial charge in [-0.05, 0) is 22.3 Å². The molecule has 1 aliphatic carbocycles. The Morgan fingerprint density at radius 3 is 2.17 bits per heavy atom. The van der Waals surface area contributed by atoms with Gasteiger partial charge >= 0.3 is 12.1 Å². The predicted octanol–water partition coefficient (Wildman–Crippen LogP) is 2.70. The largest absolute Gasteiger partial charge is 0.480 e. The van der Waals surface area contributed by atoms with Gasteiger partial charge < -0.3 is 20.1 Å². The lowest BCUT2D eigenvalue weighted by Gasteiger charge is -2.20. The fourth-order valence-corrected chi connectivity index (χ4v) is 3.63. The zero-order valence-electron chi connectivity index (χ0n) is 16.4. The number of rotatable bonds is 7. The van der Waals surface area contributed by atoms with Gasteiger partial charge in [0.15, 0.2) is 0 Å². The molecule has 0 aliphatic heterocycles. The summed E-state index contributed by atoms with van der Waals surface area (Å²) in [7, 11) is 1.42. The number of nitrogens with zero attached hydrogens (tertiary/aromatic N) is 1.